The lowest BCUT2D eigenvalue weighted by molar-refractivity contribution is -0.130. The summed E-state index contributed by atoms with van der Waals surface area (Å²) in [6.45, 7) is 4.45. The molecule has 1 aliphatic rings. The van der Waals surface area contributed by atoms with Crippen molar-refractivity contribution in [2.45, 2.75) is 19.4 Å². The summed E-state index contributed by atoms with van der Waals surface area (Å²) in [5, 5.41) is 8.54. The standard InChI is InChI=1S/C14H20N6OS/c15-14-16-12(17-18-14)9-13(21)20-5-2-4-19(6-7-20)10-11-3-1-8-22-11/h1,3,8H,2,4-7,9-10H2,(H3,15,16,17,18). The quantitative estimate of drug-likeness (QED) is 0.866. The smallest absolute Gasteiger partial charge is 0.239 e. The van der Waals surface area contributed by atoms with Crippen molar-refractivity contribution < 1.29 is 4.79 Å². The Hall–Kier alpha value is -1.93. The number of nitrogens with two attached hydrogens (primary N) is 1. The van der Waals surface area contributed by atoms with Gasteiger partial charge in [-0.25, -0.2) is 0 Å². The predicted octanol–water partition coefficient (Wildman–Crippen LogP) is 0.725. The van der Waals surface area contributed by atoms with E-state index in [0.717, 1.165) is 39.1 Å². The monoisotopic (exact) mass is 320 g/mol. The van der Waals surface area contributed by atoms with Gasteiger partial charge in [0.25, 0.3) is 0 Å². The first-order valence-electron chi connectivity index (χ1n) is 7.40. The fraction of sp³-hybridized carbons (Fsp3) is 0.500. The second kappa shape index (κ2) is 6.89. The number of nitrogen functional groups attached to an aromatic ring is 1. The molecule has 0 bridgehead atoms. The first-order valence-corrected chi connectivity index (χ1v) is 8.28. The molecule has 1 saturated heterocycles. The molecule has 22 heavy (non-hydrogen) atoms. The van der Waals surface area contributed by atoms with Crippen molar-refractivity contribution in [3.05, 3.63) is 28.2 Å². The minimum Gasteiger partial charge on any atom is -0.367 e. The normalized spacial score (nSPS) is 16.6. The number of rotatable bonds is 4. The van der Waals surface area contributed by atoms with Gasteiger partial charge in [-0.1, -0.05) is 6.07 Å². The maximum absolute atomic E-state index is 12.3. The van der Waals surface area contributed by atoms with Gasteiger partial charge in [-0.2, -0.15) is 4.98 Å². The summed E-state index contributed by atoms with van der Waals surface area (Å²) in [6.07, 6.45) is 1.23. The number of amides is 1. The average molecular weight is 320 g/mol. The molecule has 0 spiro atoms. The highest BCUT2D eigenvalue weighted by Gasteiger charge is 2.20. The fourth-order valence-corrected chi connectivity index (χ4v) is 3.39. The molecule has 2 aromatic rings. The van der Waals surface area contributed by atoms with Gasteiger partial charge in [0.2, 0.25) is 11.9 Å². The van der Waals surface area contributed by atoms with Gasteiger partial charge >= 0.3 is 0 Å². The number of aromatic nitrogens is 3. The number of H-pyrrole nitrogens is 1. The molecule has 1 amide bonds. The number of aromatic amines is 1. The third kappa shape index (κ3) is 3.83. The minimum absolute atomic E-state index is 0.0779. The lowest BCUT2D eigenvalue weighted by Gasteiger charge is -2.21. The van der Waals surface area contributed by atoms with Crippen molar-refractivity contribution in [1.29, 1.82) is 0 Å². The van der Waals surface area contributed by atoms with Crippen molar-refractivity contribution in [2.24, 2.45) is 0 Å². The van der Waals surface area contributed by atoms with Crippen molar-refractivity contribution in [3.8, 4) is 0 Å². The zero-order valence-electron chi connectivity index (χ0n) is 12.4. The number of anilines is 1. The van der Waals surface area contributed by atoms with Gasteiger partial charge in [-0.05, 0) is 17.9 Å². The molecule has 0 unspecified atom stereocenters. The molecule has 0 aliphatic carbocycles. The molecule has 0 radical (unpaired) electrons. The number of nitrogens with zero attached hydrogens (tertiary/aromatic N) is 4. The van der Waals surface area contributed by atoms with Crippen LogP contribution in [0, 0.1) is 0 Å². The highest BCUT2D eigenvalue weighted by molar-refractivity contribution is 7.09. The Morgan fingerprint density at radius 2 is 2.27 bits per heavy atom. The van der Waals surface area contributed by atoms with Crippen molar-refractivity contribution in [2.75, 3.05) is 31.9 Å². The molecule has 0 saturated carbocycles. The van der Waals surface area contributed by atoms with Gasteiger partial charge in [0.15, 0.2) is 0 Å². The SMILES string of the molecule is Nc1n[nH]c(CC(=O)N2CCCN(Cc3cccs3)CC2)n1. The van der Waals surface area contributed by atoms with Crippen LogP contribution in [-0.2, 0) is 17.8 Å². The zero-order chi connectivity index (χ0) is 15.4. The fourth-order valence-electron chi connectivity index (χ4n) is 2.65. The summed E-state index contributed by atoms with van der Waals surface area (Å²) < 4.78 is 0. The van der Waals surface area contributed by atoms with Gasteiger partial charge in [0.1, 0.15) is 5.82 Å². The molecule has 118 valence electrons. The van der Waals surface area contributed by atoms with Crippen LogP contribution >= 0.6 is 11.3 Å². The molecule has 0 atom stereocenters. The summed E-state index contributed by atoms with van der Waals surface area (Å²) in [5.41, 5.74) is 5.46. The lowest BCUT2D eigenvalue weighted by atomic mass is 10.3. The molecule has 3 N–H and O–H groups in total. The molecule has 1 aliphatic heterocycles. The summed E-state index contributed by atoms with van der Waals surface area (Å²) in [7, 11) is 0. The Morgan fingerprint density at radius 1 is 1.36 bits per heavy atom. The number of thiophene rings is 1. The zero-order valence-corrected chi connectivity index (χ0v) is 13.2. The van der Waals surface area contributed by atoms with Gasteiger partial charge in [-0.15, -0.1) is 16.4 Å². The van der Waals surface area contributed by atoms with Crippen LogP contribution in [0.3, 0.4) is 0 Å². The summed E-state index contributed by atoms with van der Waals surface area (Å²) >= 11 is 1.78. The Bertz CT molecular complexity index is 611. The number of hydrogen-bond acceptors (Lipinski definition) is 6. The molecular weight excluding hydrogens is 300 g/mol. The van der Waals surface area contributed by atoms with Gasteiger partial charge < -0.3 is 10.6 Å². The van der Waals surface area contributed by atoms with E-state index in [4.69, 9.17) is 5.73 Å². The van der Waals surface area contributed by atoms with Crippen LogP contribution in [0.4, 0.5) is 5.95 Å². The van der Waals surface area contributed by atoms with Crippen LogP contribution in [-0.4, -0.2) is 57.1 Å². The van der Waals surface area contributed by atoms with E-state index >= 15 is 0 Å². The van der Waals surface area contributed by atoms with Crippen LogP contribution in [0.25, 0.3) is 0 Å². The Morgan fingerprint density at radius 3 is 3.00 bits per heavy atom. The minimum atomic E-state index is 0.0779. The van der Waals surface area contributed by atoms with E-state index in [1.165, 1.54) is 4.88 Å². The number of carbonyl (C=O) groups is 1. The van der Waals surface area contributed by atoms with E-state index in [9.17, 15) is 4.79 Å². The van der Waals surface area contributed by atoms with Gasteiger partial charge in [0.05, 0.1) is 6.42 Å². The molecule has 2 aromatic heterocycles. The van der Waals surface area contributed by atoms with Gasteiger partial charge in [-0.3, -0.25) is 14.8 Å². The molecular formula is C14H20N6OS. The largest absolute Gasteiger partial charge is 0.367 e. The Labute approximate surface area is 133 Å². The van der Waals surface area contributed by atoms with Crippen LogP contribution in [0.2, 0.25) is 0 Å². The Balaban J connectivity index is 1.52. The lowest BCUT2D eigenvalue weighted by Crippen LogP contribution is -2.36. The molecule has 3 rings (SSSR count). The van der Waals surface area contributed by atoms with Crippen LogP contribution < -0.4 is 5.73 Å². The number of hydrogen-bond donors (Lipinski definition) is 2. The van der Waals surface area contributed by atoms with Crippen LogP contribution in [0.1, 0.15) is 17.1 Å². The van der Waals surface area contributed by atoms with Crippen molar-refractivity contribution in [1.82, 2.24) is 25.0 Å². The maximum Gasteiger partial charge on any atom is 0.239 e. The average Bonchev–Trinajstić information content (AvgIpc) is 3.07. The van der Waals surface area contributed by atoms with E-state index in [1.54, 1.807) is 11.3 Å². The van der Waals surface area contributed by atoms with E-state index < -0.39 is 0 Å². The second-order valence-corrected chi connectivity index (χ2v) is 6.44. The molecule has 0 aromatic carbocycles. The van der Waals surface area contributed by atoms with Crippen LogP contribution in [0.5, 0.6) is 0 Å². The van der Waals surface area contributed by atoms with E-state index in [2.05, 4.69) is 37.6 Å². The summed E-state index contributed by atoms with van der Waals surface area (Å²) in [5.74, 6) is 0.789. The first-order chi connectivity index (χ1) is 10.7. The highest BCUT2D eigenvalue weighted by Crippen LogP contribution is 2.14. The predicted molar refractivity (Wildman–Crippen MR) is 85.3 cm³/mol. The van der Waals surface area contributed by atoms with Crippen molar-refractivity contribution in [3.63, 3.8) is 0 Å². The second-order valence-electron chi connectivity index (χ2n) is 5.41. The van der Waals surface area contributed by atoms with E-state index in [-0.39, 0.29) is 18.3 Å². The molecule has 3 heterocycles. The maximum atomic E-state index is 12.3. The van der Waals surface area contributed by atoms with Crippen molar-refractivity contribution >= 4 is 23.2 Å². The van der Waals surface area contributed by atoms with Gasteiger partial charge in [0, 0.05) is 37.6 Å². The summed E-state index contributed by atoms with van der Waals surface area (Å²) in [4.78, 5) is 22.0. The Kier molecular flexibility index (Phi) is 4.69. The third-order valence-electron chi connectivity index (χ3n) is 3.77. The summed E-state index contributed by atoms with van der Waals surface area (Å²) in [6, 6.07) is 4.24. The molecule has 1 fully saturated rings. The highest BCUT2D eigenvalue weighted by atomic mass is 32.1. The van der Waals surface area contributed by atoms with E-state index in [1.807, 2.05) is 4.90 Å². The number of nitrogens with one attached hydrogen (secondary N) is 1. The first kappa shape index (κ1) is 15.0. The van der Waals surface area contributed by atoms with Crippen LogP contribution in [0.15, 0.2) is 17.5 Å². The molecule has 7 nitrogen and oxygen atoms in total. The van der Waals surface area contributed by atoms with E-state index in [0.29, 0.717) is 5.82 Å². The molecule has 8 heteroatoms. The number of carbonyl (C=O) groups excluding carboxylic acids is 1. The third-order valence-corrected chi connectivity index (χ3v) is 4.63. The topological polar surface area (TPSA) is 91.1 Å².